The molecule has 0 aliphatic carbocycles. The number of benzene rings is 1. The number of rotatable bonds is 2. The van der Waals surface area contributed by atoms with Crippen molar-refractivity contribution in [2.24, 2.45) is 4.36 Å². The maximum atomic E-state index is 12.4. The highest BCUT2D eigenvalue weighted by Gasteiger charge is 2.28. The molecule has 2 atom stereocenters. The molecule has 0 saturated carbocycles. The van der Waals surface area contributed by atoms with Crippen LogP contribution < -0.4 is 0 Å². The smallest absolute Gasteiger partial charge is 0.136 e. The highest BCUT2D eigenvalue weighted by Crippen LogP contribution is 2.28. The van der Waals surface area contributed by atoms with Crippen molar-refractivity contribution in [3.63, 3.8) is 0 Å². The van der Waals surface area contributed by atoms with Crippen LogP contribution >= 0.6 is 22.6 Å². The zero-order valence-corrected chi connectivity index (χ0v) is 10.7. The van der Waals surface area contributed by atoms with Crippen LogP contribution in [0.15, 0.2) is 39.6 Å². The maximum absolute atomic E-state index is 12.4. The lowest BCUT2D eigenvalue weighted by Gasteiger charge is -2.16. The summed E-state index contributed by atoms with van der Waals surface area (Å²) in [6.45, 7) is 0. The Morgan fingerprint density at radius 2 is 2.14 bits per heavy atom. The number of halogens is 1. The SMILES string of the molecule is [O-][S+]1(c2ccccc2)=NC(CI)CC1. The van der Waals surface area contributed by atoms with E-state index in [1.165, 1.54) is 0 Å². The Hall–Kier alpha value is 0.0600. The summed E-state index contributed by atoms with van der Waals surface area (Å²) >= 11 is 2.31. The summed E-state index contributed by atoms with van der Waals surface area (Å²) in [6, 6.07) is 9.92. The lowest BCUT2D eigenvalue weighted by molar-refractivity contribution is 0.587. The minimum atomic E-state index is -2.07. The van der Waals surface area contributed by atoms with Gasteiger partial charge in [0.15, 0.2) is 0 Å². The van der Waals surface area contributed by atoms with Gasteiger partial charge in [0.05, 0.1) is 5.75 Å². The van der Waals surface area contributed by atoms with E-state index >= 15 is 0 Å². The standard InChI is InChI=1S/C10H12INOS/c11-8-9-6-7-14(13,12-9)10-4-2-1-3-5-10/h1-5,9H,6-8H2. The fourth-order valence-corrected chi connectivity index (χ4v) is 4.76. The largest absolute Gasteiger partial charge is 0.626 e. The van der Waals surface area contributed by atoms with Crippen LogP contribution in [0.5, 0.6) is 0 Å². The van der Waals surface area contributed by atoms with Gasteiger partial charge in [-0.15, -0.1) is 4.36 Å². The minimum absolute atomic E-state index is 0.295. The van der Waals surface area contributed by atoms with Gasteiger partial charge in [-0.25, -0.2) is 0 Å². The molecule has 1 heterocycles. The van der Waals surface area contributed by atoms with E-state index in [0.717, 1.165) is 21.5 Å². The molecule has 4 heteroatoms. The molecule has 0 N–H and O–H groups in total. The molecule has 1 aromatic carbocycles. The second-order valence-electron chi connectivity index (χ2n) is 3.36. The Kier molecular flexibility index (Phi) is 3.23. The number of hydrogen-bond acceptors (Lipinski definition) is 2. The van der Waals surface area contributed by atoms with Crippen LogP contribution in [0.4, 0.5) is 0 Å². The third kappa shape index (κ3) is 2.01. The third-order valence-electron chi connectivity index (χ3n) is 2.34. The van der Waals surface area contributed by atoms with Gasteiger partial charge < -0.3 is 4.55 Å². The molecule has 14 heavy (non-hydrogen) atoms. The predicted octanol–water partition coefficient (Wildman–Crippen LogP) is 2.72. The first-order valence-electron chi connectivity index (χ1n) is 4.59. The van der Waals surface area contributed by atoms with Crippen molar-refractivity contribution in [1.82, 2.24) is 0 Å². The molecule has 0 radical (unpaired) electrons. The van der Waals surface area contributed by atoms with Gasteiger partial charge in [-0.2, -0.15) is 0 Å². The van der Waals surface area contributed by atoms with Crippen molar-refractivity contribution >= 4 is 32.7 Å². The highest BCUT2D eigenvalue weighted by atomic mass is 127. The number of hydrogen-bond donors (Lipinski definition) is 0. The van der Waals surface area contributed by atoms with Gasteiger partial charge in [0.2, 0.25) is 0 Å². The molecule has 0 amide bonds. The Labute approximate surface area is 99.1 Å². The predicted molar refractivity (Wildman–Crippen MR) is 67.4 cm³/mol. The van der Waals surface area contributed by atoms with E-state index in [2.05, 4.69) is 27.0 Å². The Morgan fingerprint density at radius 3 is 2.71 bits per heavy atom. The molecular weight excluding hydrogens is 309 g/mol. The second kappa shape index (κ2) is 4.28. The van der Waals surface area contributed by atoms with Crippen molar-refractivity contribution in [3.05, 3.63) is 30.3 Å². The van der Waals surface area contributed by atoms with Gasteiger partial charge in [0.1, 0.15) is 10.9 Å². The maximum Gasteiger partial charge on any atom is 0.136 e. The summed E-state index contributed by atoms with van der Waals surface area (Å²) in [5, 5.41) is 0. The fourth-order valence-electron chi connectivity index (χ4n) is 1.56. The van der Waals surface area contributed by atoms with Crippen molar-refractivity contribution in [1.29, 1.82) is 0 Å². The molecule has 1 aliphatic heterocycles. The van der Waals surface area contributed by atoms with E-state index in [1.54, 1.807) is 0 Å². The quantitative estimate of drug-likeness (QED) is 0.469. The second-order valence-corrected chi connectivity index (χ2v) is 6.61. The van der Waals surface area contributed by atoms with E-state index in [0.29, 0.717) is 6.04 Å². The molecule has 0 saturated heterocycles. The van der Waals surface area contributed by atoms with Gasteiger partial charge in [-0.05, 0) is 22.2 Å². The first kappa shape index (κ1) is 10.6. The van der Waals surface area contributed by atoms with E-state index in [4.69, 9.17) is 0 Å². The average molecular weight is 321 g/mol. The summed E-state index contributed by atoms with van der Waals surface area (Å²) in [5.41, 5.74) is 0. The summed E-state index contributed by atoms with van der Waals surface area (Å²) in [5.74, 6) is 0.727. The van der Waals surface area contributed by atoms with Crippen LogP contribution in [-0.4, -0.2) is 20.8 Å². The highest BCUT2D eigenvalue weighted by molar-refractivity contribution is 14.1. The third-order valence-corrected chi connectivity index (χ3v) is 5.79. The molecular formula is C10H12INOS. The minimum Gasteiger partial charge on any atom is -0.626 e. The van der Waals surface area contributed by atoms with Crippen molar-refractivity contribution < 1.29 is 4.55 Å². The topological polar surface area (TPSA) is 35.4 Å². The van der Waals surface area contributed by atoms with Crippen LogP contribution in [0.2, 0.25) is 0 Å². The van der Waals surface area contributed by atoms with Crippen molar-refractivity contribution in [2.75, 3.05) is 10.2 Å². The molecule has 2 rings (SSSR count). The van der Waals surface area contributed by atoms with Gasteiger partial charge in [0, 0.05) is 10.8 Å². The molecule has 2 unspecified atom stereocenters. The first-order chi connectivity index (χ1) is 6.74. The van der Waals surface area contributed by atoms with Gasteiger partial charge in [0.25, 0.3) is 0 Å². The molecule has 0 fully saturated rings. The zero-order chi connectivity index (χ0) is 10.0. The van der Waals surface area contributed by atoms with Crippen LogP contribution in [0.1, 0.15) is 6.42 Å². The Morgan fingerprint density at radius 1 is 1.43 bits per heavy atom. The van der Waals surface area contributed by atoms with Crippen LogP contribution in [-0.2, 0) is 10.1 Å². The van der Waals surface area contributed by atoms with Crippen LogP contribution in [0, 0.1) is 0 Å². The Balaban J connectivity index is 2.35. The van der Waals surface area contributed by atoms with Crippen LogP contribution in [0.3, 0.4) is 0 Å². The average Bonchev–Trinajstić information content (AvgIpc) is 2.63. The molecule has 1 aliphatic rings. The van der Waals surface area contributed by atoms with E-state index in [1.807, 2.05) is 30.3 Å². The molecule has 0 bridgehead atoms. The lowest BCUT2D eigenvalue weighted by atomic mass is 10.3. The van der Waals surface area contributed by atoms with Crippen LogP contribution in [0.25, 0.3) is 0 Å². The first-order valence-corrected chi connectivity index (χ1v) is 7.80. The Bertz CT molecular complexity index is 366. The van der Waals surface area contributed by atoms with Crippen molar-refractivity contribution in [3.8, 4) is 0 Å². The molecule has 1 aromatic rings. The van der Waals surface area contributed by atoms with Gasteiger partial charge >= 0.3 is 0 Å². The molecule has 0 aromatic heterocycles. The number of nitrogens with zero attached hydrogens (tertiary/aromatic N) is 1. The fraction of sp³-hybridized carbons (Fsp3) is 0.400. The summed E-state index contributed by atoms with van der Waals surface area (Å²) in [6.07, 6.45) is 0.969. The summed E-state index contributed by atoms with van der Waals surface area (Å²) in [7, 11) is -2.07. The summed E-state index contributed by atoms with van der Waals surface area (Å²) < 4.78 is 17.8. The van der Waals surface area contributed by atoms with E-state index in [9.17, 15) is 4.55 Å². The monoisotopic (exact) mass is 321 g/mol. The normalized spacial score (nSPS) is 31.4. The number of alkyl halides is 1. The molecule has 0 spiro atoms. The van der Waals surface area contributed by atoms with E-state index < -0.39 is 10.1 Å². The van der Waals surface area contributed by atoms with E-state index in [-0.39, 0.29) is 0 Å². The van der Waals surface area contributed by atoms with Crippen molar-refractivity contribution in [2.45, 2.75) is 17.4 Å². The lowest BCUT2D eigenvalue weighted by Crippen LogP contribution is -2.10. The zero-order valence-electron chi connectivity index (χ0n) is 7.73. The van der Waals surface area contributed by atoms with Gasteiger partial charge in [-0.1, -0.05) is 40.8 Å². The molecule has 76 valence electrons. The molecule has 2 nitrogen and oxygen atoms in total. The summed E-state index contributed by atoms with van der Waals surface area (Å²) in [4.78, 5) is 0.896. The van der Waals surface area contributed by atoms with Gasteiger partial charge in [-0.3, -0.25) is 0 Å².